The minimum atomic E-state index is 0.0352. The summed E-state index contributed by atoms with van der Waals surface area (Å²) in [5, 5.41) is 7.09. The van der Waals surface area contributed by atoms with Crippen molar-refractivity contribution in [1.82, 2.24) is 10.3 Å². The summed E-state index contributed by atoms with van der Waals surface area (Å²) in [6.45, 7) is 4.08. The molecule has 24 heavy (non-hydrogen) atoms. The normalized spacial score (nSPS) is 12.1. The van der Waals surface area contributed by atoms with Gasteiger partial charge in [-0.2, -0.15) is 0 Å². The molecule has 0 aliphatic heterocycles. The van der Waals surface area contributed by atoms with Gasteiger partial charge in [-0.05, 0) is 25.3 Å². The zero-order valence-electron chi connectivity index (χ0n) is 13.5. The number of aromatic nitrogens is 1. The van der Waals surface area contributed by atoms with Crippen LogP contribution in [0, 0.1) is 6.92 Å². The molecule has 1 aromatic carbocycles. The van der Waals surface area contributed by atoms with E-state index >= 15 is 0 Å². The number of aryl methyl sites for hydroxylation is 1. The lowest BCUT2D eigenvalue weighted by atomic mass is 10.1. The molecule has 6 heteroatoms. The van der Waals surface area contributed by atoms with E-state index in [1.54, 1.807) is 22.7 Å². The molecule has 0 bridgehead atoms. The van der Waals surface area contributed by atoms with Crippen LogP contribution in [0.2, 0.25) is 0 Å². The summed E-state index contributed by atoms with van der Waals surface area (Å²) in [5.41, 5.74) is 3.31. The molecule has 3 rings (SSSR count). The van der Waals surface area contributed by atoms with Crippen molar-refractivity contribution in [3.63, 3.8) is 0 Å². The Labute approximate surface area is 154 Å². The van der Waals surface area contributed by atoms with Crippen molar-refractivity contribution < 1.29 is 4.79 Å². The number of thiophene rings is 1. The number of carbonyl (C=O) groups excluding carboxylic acids is 1. The summed E-state index contributed by atoms with van der Waals surface area (Å²) in [7, 11) is 0. The molecule has 0 aliphatic carbocycles. The highest BCUT2D eigenvalue weighted by atomic mass is 32.2. The molecule has 0 saturated heterocycles. The summed E-state index contributed by atoms with van der Waals surface area (Å²) in [6.07, 6.45) is 0. The molecule has 0 spiro atoms. The Hall–Kier alpha value is -1.63. The standard InChI is InChI=1S/C18H18N2OS3/c1-12-5-7-14(8-6-12)15-10-23-18(20-15)24-11-17(21)19-13(2)16-4-3-9-22-16/h3-10,13H,11H2,1-2H3,(H,19,21)/t13-/m0/s1. The Morgan fingerprint density at radius 1 is 1.25 bits per heavy atom. The predicted octanol–water partition coefficient (Wildman–Crippen LogP) is 5.15. The lowest BCUT2D eigenvalue weighted by Gasteiger charge is -2.11. The summed E-state index contributed by atoms with van der Waals surface area (Å²) in [4.78, 5) is 17.9. The lowest BCUT2D eigenvalue weighted by molar-refractivity contribution is -0.119. The lowest BCUT2D eigenvalue weighted by Crippen LogP contribution is -2.27. The van der Waals surface area contributed by atoms with Crippen LogP contribution in [0.4, 0.5) is 0 Å². The van der Waals surface area contributed by atoms with Crippen LogP contribution in [0.15, 0.2) is 51.5 Å². The van der Waals surface area contributed by atoms with Gasteiger partial charge in [-0.1, -0.05) is 47.7 Å². The van der Waals surface area contributed by atoms with E-state index in [1.165, 1.54) is 22.2 Å². The maximum Gasteiger partial charge on any atom is 0.230 e. The number of thiazole rings is 1. The van der Waals surface area contributed by atoms with Crippen molar-refractivity contribution in [2.24, 2.45) is 0 Å². The number of amides is 1. The van der Waals surface area contributed by atoms with Gasteiger partial charge < -0.3 is 5.32 Å². The van der Waals surface area contributed by atoms with Crippen molar-refractivity contribution >= 4 is 40.3 Å². The molecular weight excluding hydrogens is 356 g/mol. The third-order valence-corrected chi connectivity index (χ3v) is 6.58. The smallest absolute Gasteiger partial charge is 0.230 e. The average Bonchev–Trinajstić information content (AvgIpc) is 3.25. The molecule has 1 N–H and O–H groups in total. The van der Waals surface area contributed by atoms with Crippen molar-refractivity contribution in [3.8, 4) is 11.3 Å². The van der Waals surface area contributed by atoms with Gasteiger partial charge >= 0.3 is 0 Å². The minimum Gasteiger partial charge on any atom is -0.348 e. The van der Waals surface area contributed by atoms with Gasteiger partial charge in [0.1, 0.15) is 0 Å². The van der Waals surface area contributed by atoms with E-state index in [4.69, 9.17) is 0 Å². The second-order valence-corrected chi connectivity index (χ2v) is 8.52. The molecule has 0 unspecified atom stereocenters. The van der Waals surface area contributed by atoms with Crippen LogP contribution in [0.1, 0.15) is 23.4 Å². The van der Waals surface area contributed by atoms with Crippen molar-refractivity contribution in [2.45, 2.75) is 24.2 Å². The molecule has 0 aliphatic rings. The molecule has 124 valence electrons. The number of nitrogens with zero attached hydrogens (tertiary/aromatic N) is 1. The van der Waals surface area contributed by atoms with E-state index in [2.05, 4.69) is 41.5 Å². The number of rotatable bonds is 6. The second-order valence-electron chi connectivity index (χ2n) is 5.46. The van der Waals surface area contributed by atoms with Gasteiger partial charge in [-0.25, -0.2) is 4.98 Å². The van der Waals surface area contributed by atoms with Crippen LogP contribution in [-0.4, -0.2) is 16.6 Å². The number of hydrogen-bond acceptors (Lipinski definition) is 5. The molecule has 1 amide bonds. The summed E-state index contributed by atoms with van der Waals surface area (Å²) in [6, 6.07) is 12.4. The topological polar surface area (TPSA) is 42.0 Å². The highest BCUT2D eigenvalue weighted by Gasteiger charge is 2.12. The Balaban J connectivity index is 1.53. The van der Waals surface area contributed by atoms with E-state index in [9.17, 15) is 4.79 Å². The molecule has 0 saturated carbocycles. The van der Waals surface area contributed by atoms with E-state index < -0.39 is 0 Å². The van der Waals surface area contributed by atoms with Crippen LogP contribution in [0.3, 0.4) is 0 Å². The fraction of sp³-hybridized carbons (Fsp3) is 0.222. The third-order valence-electron chi connectivity index (χ3n) is 3.50. The molecule has 3 nitrogen and oxygen atoms in total. The van der Waals surface area contributed by atoms with E-state index in [0.29, 0.717) is 5.75 Å². The number of benzene rings is 1. The highest BCUT2D eigenvalue weighted by Crippen LogP contribution is 2.28. The fourth-order valence-corrected chi connectivity index (χ4v) is 4.58. The van der Waals surface area contributed by atoms with Gasteiger partial charge in [-0.3, -0.25) is 4.79 Å². The second kappa shape index (κ2) is 7.96. The number of carbonyl (C=O) groups is 1. The molecule has 2 aromatic heterocycles. The first-order valence-electron chi connectivity index (χ1n) is 7.60. The molecule has 2 heterocycles. The van der Waals surface area contributed by atoms with Gasteiger partial charge in [0, 0.05) is 15.8 Å². The Morgan fingerprint density at radius 2 is 2.04 bits per heavy atom. The van der Waals surface area contributed by atoms with Gasteiger partial charge in [0.15, 0.2) is 4.34 Å². The van der Waals surface area contributed by atoms with Crippen molar-refractivity contribution in [3.05, 3.63) is 57.6 Å². The zero-order valence-corrected chi connectivity index (χ0v) is 15.9. The van der Waals surface area contributed by atoms with Gasteiger partial charge in [0.25, 0.3) is 0 Å². The maximum absolute atomic E-state index is 12.1. The first-order chi connectivity index (χ1) is 11.6. The average molecular weight is 375 g/mol. The SMILES string of the molecule is Cc1ccc(-c2csc(SCC(=O)N[C@@H](C)c3cccs3)n2)cc1. The largest absolute Gasteiger partial charge is 0.348 e. The van der Waals surface area contributed by atoms with E-state index in [0.717, 1.165) is 15.6 Å². The number of hydrogen-bond donors (Lipinski definition) is 1. The predicted molar refractivity (Wildman–Crippen MR) is 104 cm³/mol. The summed E-state index contributed by atoms with van der Waals surface area (Å²) >= 11 is 4.72. The van der Waals surface area contributed by atoms with Crippen molar-refractivity contribution in [1.29, 1.82) is 0 Å². The van der Waals surface area contributed by atoms with Crippen LogP contribution < -0.4 is 5.32 Å². The maximum atomic E-state index is 12.1. The molecule has 0 fully saturated rings. The highest BCUT2D eigenvalue weighted by molar-refractivity contribution is 8.01. The summed E-state index contributed by atoms with van der Waals surface area (Å²) < 4.78 is 0.921. The molecule has 3 aromatic rings. The Bertz CT molecular complexity index is 794. The van der Waals surface area contributed by atoms with E-state index in [-0.39, 0.29) is 11.9 Å². The first-order valence-corrected chi connectivity index (χ1v) is 10.3. The van der Waals surface area contributed by atoms with Crippen LogP contribution in [0.25, 0.3) is 11.3 Å². The molecular formula is C18H18N2OS3. The minimum absolute atomic E-state index is 0.0352. The third kappa shape index (κ3) is 4.47. The van der Waals surface area contributed by atoms with Crippen LogP contribution >= 0.6 is 34.4 Å². The number of nitrogens with one attached hydrogen (secondary N) is 1. The van der Waals surface area contributed by atoms with E-state index in [1.807, 2.05) is 29.8 Å². The Morgan fingerprint density at radius 3 is 2.75 bits per heavy atom. The van der Waals surface area contributed by atoms with Crippen LogP contribution in [0.5, 0.6) is 0 Å². The van der Waals surface area contributed by atoms with Gasteiger partial charge in [0.2, 0.25) is 5.91 Å². The molecule has 1 atom stereocenters. The number of thioether (sulfide) groups is 1. The van der Waals surface area contributed by atoms with Gasteiger partial charge in [-0.15, -0.1) is 22.7 Å². The quantitative estimate of drug-likeness (QED) is 0.607. The Kier molecular flexibility index (Phi) is 5.71. The van der Waals surface area contributed by atoms with Crippen LogP contribution in [-0.2, 0) is 4.79 Å². The zero-order chi connectivity index (χ0) is 16.9. The van der Waals surface area contributed by atoms with Crippen molar-refractivity contribution in [2.75, 3.05) is 5.75 Å². The monoisotopic (exact) mass is 374 g/mol. The summed E-state index contributed by atoms with van der Waals surface area (Å²) in [5.74, 6) is 0.421. The fourth-order valence-electron chi connectivity index (χ4n) is 2.20. The molecule has 0 radical (unpaired) electrons. The van der Waals surface area contributed by atoms with Gasteiger partial charge in [0.05, 0.1) is 17.5 Å². The first kappa shape index (κ1) is 17.2.